The van der Waals surface area contributed by atoms with Gasteiger partial charge in [-0.25, -0.2) is 9.78 Å². The van der Waals surface area contributed by atoms with Crippen molar-refractivity contribution in [3.63, 3.8) is 0 Å². The normalized spacial score (nSPS) is 23.3. The van der Waals surface area contributed by atoms with Gasteiger partial charge in [0.05, 0.1) is 34.3 Å². The Hall–Kier alpha value is -4.36. The summed E-state index contributed by atoms with van der Waals surface area (Å²) >= 11 is 6.04. The van der Waals surface area contributed by atoms with Crippen LogP contribution in [-0.4, -0.2) is 34.7 Å². The van der Waals surface area contributed by atoms with Gasteiger partial charge in [0.1, 0.15) is 0 Å². The molecule has 0 radical (unpaired) electrons. The molecule has 1 aliphatic heterocycles. The van der Waals surface area contributed by atoms with Crippen LogP contribution < -0.4 is 4.90 Å². The lowest BCUT2D eigenvalue weighted by atomic mass is 9.81. The zero-order valence-corrected chi connectivity index (χ0v) is 23.6. The largest absolute Gasteiger partial charge is 0.451 e. The van der Waals surface area contributed by atoms with Crippen LogP contribution in [0.25, 0.3) is 22.2 Å². The molecule has 0 spiro atoms. The Bertz CT molecular complexity index is 1770. The van der Waals surface area contributed by atoms with Crippen molar-refractivity contribution in [2.75, 3.05) is 4.90 Å². The van der Waals surface area contributed by atoms with Crippen LogP contribution in [0.1, 0.15) is 46.9 Å². The van der Waals surface area contributed by atoms with E-state index in [4.69, 9.17) is 21.3 Å². The molecule has 2 aliphatic carbocycles. The Balaban J connectivity index is 1.21. The standard InChI is InChI=1S/C34H27ClN2O5/c1-18(31(38)22-7-4-8-23(35)15-22)42-34(41)26-17-28(36-27-11-3-2-10-25(26)27)19-6-5-9-24(16-19)37-32(39)29-20-12-13-21(14-20)30(29)33(37)40/h2-11,15-18,20-21,29-30H,12-14H2,1H3/t18-,20-,21+,29+,30-/m0/s1. The molecule has 5 atom stereocenters. The quantitative estimate of drug-likeness (QED) is 0.147. The monoisotopic (exact) mass is 578 g/mol. The van der Waals surface area contributed by atoms with Crippen molar-refractivity contribution in [3.8, 4) is 11.3 Å². The van der Waals surface area contributed by atoms with E-state index in [-0.39, 0.29) is 35.0 Å². The molecule has 2 saturated carbocycles. The zero-order chi connectivity index (χ0) is 29.1. The highest BCUT2D eigenvalue weighted by molar-refractivity contribution is 6.31. The van der Waals surface area contributed by atoms with Gasteiger partial charge in [-0.15, -0.1) is 0 Å². The summed E-state index contributed by atoms with van der Waals surface area (Å²) in [6.45, 7) is 1.53. The van der Waals surface area contributed by atoms with Gasteiger partial charge >= 0.3 is 5.97 Å². The molecule has 3 aliphatic rings. The van der Waals surface area contributed by atoms with E-state index in [2.05, 4.69) is 0 Å². The second-order valence-corrected chi connectivity index (χ2v) is 11.9. The molecule has 0 unspecified atom stereocenters. The number of aromatic nitrogens is 1. The summed E-state index contributed by atoms with van der Waals surface area (Å²) < 4.78 is 5.64. The highest BCUT2D eigenvalue weighted by atomic mass is 35.5. The molecule has 1 saturated heterocycles. The summed E-state index contributed by atoms with van der Waals surface area (Å²) in [5.41, 5.74) is 2.82. The van der Waals surface area contributed by atoms with Gasteiger partial charge in [0, 0.05) is 21.5 Å². The average Bonchev–Trinajstić information content (AvgIpc) is 3.69. The number of ether oxygens (including phenoxy) is 1. The van der Waals surface area contributed by atoms with Crippen molar-refractivity contribution in [2.24, 2.45) is 23.7 Å². The molecule has 3 aromatic carbocycles. The highest BCUT2D eigenvalue weighted by Gasteiger charge is 2.61. The summed E-state index contributed by atoms with van der Waals surface area (Å²) in [6, 6.07) is 22.5. The lowest BCUT2D eigenvalue weighted by Gasteiger charge is -2.19. The molecule has 8 heteroatoms. The molecule has 2 bridgehead atoms. The molecular weight excluding hydrogens is 552 g/mol. The van der Waals surface area contributed by atoms with Crippen LogP contribution in [0.5, 0.6) is 0 Å². The summed E-state index contributed by atoms with van der Waals surface area (Å²) in [5, 5.41) is 0.997. The number of nitrogens with zero attached hydrogens (tertiary/aromatic N) is 2. The van der Waals surface area contributed by atoms with E-state index in [1.54, 1.807) is 60.7 Å². The summed E-state index contributed by atoms with van der Waals surface area (Å²) in [6.07, 6.45) is 1.96. The first-order valence-corrected chi connectivity index (χ1v) is 14.6. The minimum atomic E-state index is -1.04. The second kappa shape index (κ2) is 10.2. The predicted octanol–water partition coefficient (Wildman–Crippen LogP) is 6.52. The number of carbonyl (C=O) groups is 4. The van der Waals surface area contributed by atoms with Crippen molar-refractivity contribution in [2.45, 2.75) is 32.3 Å². The van der Waals surface area contributed by atoms with Gasteiger partial charge in [0.25, 0.3) is 0 Å². The van der Waals surface area contributed by atoms with Gasteiger partial charge in [-0.2, -0.15) is 0 Å². The Kier molecular flexibility index (Phi) is 6.43. The van der Waals surface area contributed by atoms with Crippen LogP contribution in [0.15, 0.2) is 78.9 Å². The number of halogens is 1. The third-order valence-electron chi connectivity index (χ3n) is 9.03. The van der Waals surface area contributed by atoms with Gasteiger partial charge < -0.3 is 4.74 Å². The Morgan fingerprint density at radius 1 is 0.905 bits per heavy atom. The average molecular weight is 579 g/mol. The van der Waals surface area contributed by atoms with Crippen LogP contribution in [0.3, 0.4) is 0 Å². The molecule has 2 amide bonds. The number of fused-ring (bicyclic) bond motifs is 6. The minimum absolute atomic E-state index is 0.108. The number of anilines is 1. The second-order valence-electron chi connectivity index (χ2n) is 11.4. The number of ketones is 1. The minimum Gasteiger partial charge on any atom is -0.451 e. The number of hydrogen-bond acceptors (Lipinski definition) is 6. The molecule has 4 aromatic rings. The lowest BCUT2D eigenvalue weighted by Crippen LogP contribution is -2.32. The van der Waals surface area contributed by atoms with Crippen LogP contribution in [0.4, 0.5) is 5.69 Å². The Labute approximate surface area is 247 Å². The van der Waals surface area contributed by atoms with Crippen molar-refractivity contribution in [3.05, 3.63) is 95.0 Å². The van der Waals surface area contributed by atoms with Gasteiger partial charge in [-0.3, -0.25) is 19.3 Å². The van der Waals surface area contributed by atoms with E-state index in [9.17, 15) is 19.2 Å². The van der Waals surface area contributed by atoms with Crippen molar-refractivity contribution in [1.82, 2.24) is 4.98 Å². The van der Waals surface area contributed by atoms with Gasteiger partial charge in [0.15, 0.2) is 6.10 Å². The molecule has 210 valence electrons. The van der Waals surface area contributed by atoms with E-state index in [0.717, 1.165) is 19.3 Å². The van der Waals surface area contributed by atoms with Crippen molar-refractivity contribution < 1.29 is 23.9 Å². The summed E-state index contributed by atoms with van der Waals surface area (Å²) in [7, 11) is 0. The molecule has 42 heavy (non-hydrogen) atoms. The fourth-order valence-electron chi connectivity index (χ4n) is 7.11. The molecule has 1 aromatic heterocycles. The van der Waals surface area contributed by atoms with E-state index in [0.29, 0.717) is 50.3 Å². The smallest absolute Gasteiger partial charge is 0.339 e. The lowest BCUT2D eigenvalue weighted by molar-refractivity contribution is -0.123. The van der Waals surface area contributed by atoms with Crippen LogP contribution in [-0.2, 0) is 14.3 Å². The maximum absolute atomic E-state index is 13.5. The first kappa shape index (κ1) is 26.5. The van der Waals surface area contributed by atoms with Gasteiger partial charge in [-0.05, 0) is 74.4 Å². The molecule has 7 nitrogen and oxygen atoms in total. The number of amides is 2. The van der Waals surface area contributed by atoms with E-state index >= 15 is 0 Å². The van der Waals surface area contributed by atoms with Crippen LogP contribution in [0.2, 0.25) is 5.02 Å². The number of benzene rings is 3. The fraction of sp³-hybridized carbons (Fsp3) is 0.265. The highest BCUT2D eigenvalue weighted by Crippen LogP contribution is 2.56. The number of carbonyl (C=O) groups excluding carboxylic acids is 4. The van der Waals surface area contributed by atoms with E-state index < -0.39 is 12.1 Å². The third kappa shape index (κ3) is 4.31. The van der Waals surface area contributed by atoms with Gasteiger partial charge in [-0.1, -0.05) is 54.1 Å². The molecular formula is C34H27ClN2O5. The number of pyridine rings is 1. The number of hydrogen-bond donors (Lipinski definition) is 0. The number of para-hydroxylation sites is 1. The number of imide groups is 1. The molecule has 3 fully saturated rings. The predicted molar refractivity (Wildman–Crippen MR) is 158 cm³/mol. The first-order valence-electron chi connectivity index (χ1n) is 14.2. The number of Topliss-reactive ketones (excluding diaryl/α,β-unsaturated/α-hetero) is 1. The maximum atomic E-state index is 13.5. The van der Waals surface area contributed by atoms with Gasteiger partial charge in [0.2, 0.25) is 17.6 Å². The molecule has 0 N–H and O–H groups in total. The SMILES string of the molecule is C[C@H](OC(=O)c1cc(-c2cccc(N3C(=O)[C@@H]4[C@H]5CC[C@H](C5)[C@@H]4C3=O)c2)nc2ccccc12)C(=O)c1cccc(Cl)c1. The summed E-state index contributed by atoms with van der Waals surface area (Å²) in [4.78, 5) is 59.4. The van der Waals surface area contributed by atoms with Crippen LogP contribution in [0, 0.1) is 23.7 Å². The maximum Gasteiger partial charge on any atom is 0.339 e. The molecule has 2 heterocycles. The van der Waals surface area contributed by atoms with Crippen LogP contribution >= 0.6 is 11.6 Å². The van der Waals surface area contributed by atoms with E-state index in [1.165, 1.54) is 17.9 Å². The first-order chi connectivity index (χ1) is 20.3. The van der Waals surface area contributed by atoms with Crippen molar-refractivity contribution >= 4 is 51.8 Å². The summed E-state index contributed by atoms with van der Waals surface area (Å²) in [5.74, 6) is -1.07. The number of esters is 1. The topological polar surface area (TPSA) is 93.6 Å². The fourth-order valence-corrected chi connectivity index (χ4v) is 7.30. The Morgan fingerprint density at radius 2 is 1.62 bits per heavy atom. The van der Waals surface area contributed by atoms with Crippen molar-refractivity contribution in [1.29, 1.82) is 0 Å². The third-order valence-corrected chi connectivity index (χ3v) is 9.26. The molecule has 7 rings (SSSR count). The number of rotatable bonds is 6. The zero-order valence-electron chi connectivity index (χ0n) is 22.8. The Morgan fingerprint density at radius 3 is 2.36 bits per heavy atom. The van der Waals surface area contributed by atoms with E-state index in [1.807, 2.05) is 12.1 Å².